The maximum atomic E-state index is 14.1. The summed E-state index contributed by atoms with van der Waals surface area (Å²) in [6.07, 6.45) is 2.88. The van der Waals surface area contributed by atoms with Crippen LogP contribution in [0.5, 0.6) is 0 Å². The van der Waals surface area contributed by atoms with E-state index in [4.69, 9.17) is 4.74 Å². The Hall–Kier alpha value is -3.45. The third-order valence-electron chi connectivity index (χ3n) is 7.88. The first-order valence-electron chi connectivity index (χ1n) is 14.2. The minimum Gasteiger partial charge on any atom is -0.378 e. The van der Waals surface area contributed by atoms with Gasteiger partial charge in [-0.25, -0.2) is 13.8 Å². The van der Waals surface area contributed by atoms with Crippen molar-refractivity contribution in [3.63, 3.8) is 0 Å². The standard InChI is InChI=1S/C27H35F2N9O2/c28-23(29)24-32-20-5-1-2-6-21(20)38(24)27-34-25(33-26(35-27)37-13-15-40-16-14-37)31-19-9-7-18(8-10-19)30-22(39)17-36-11-3-4-12-36/h1-2,5-6,18-19,23H,3-4,7-17H2,(H,30,39)(H,31,33,34,35). The number of hydrogen-bond acceptors (Lipinski definition) is 9. The van der Waals surface area contributed by atoms with E-state index in [0.29, 0.717) is 55.8 Å². The summed E-state index contributed by atoms with van der Waals surface area (Å²) in [5.74, 6) is 0.544. The van der Waals surface area contributed by atoms with Crippen molar-refractivity contribution in [3.05, 3.63) is 30.1 Å². The molecule has 0 spiro atoms. The number of morpholine rings is 1. The minimum absolute atomic E-state index is 0.0913. The number of fused-ring (bicyclic) bond motifs is 1. The van der Waals surface area contributed by atoms with Crippen LogP contribution in [0.2, 0.25) is 0 Å². The van der Waals surface area contributed by atoms with Gasteiger partial charge in [-0.3, -0.25) is 14.3 Å². The second kappa shape index (κ2) is 12.0. The molecular weight excluding hydrogens is 520 g/mol. The van der Waals surface area contributed by atoms with E-state index in [1.165, 1.54) is 4.57 Å². The molecule has 0 bridgehead atoms. The Morgan fingerprint density at radius 2 is 1.62 bits per heavy atom. The number of likely N-dealkylation sites (tertiary alicyclic amines) is 1. The van der Waals surface area contributed by atoms with E-state index in [1.54, 1.807) is 24.3 Å². The number of anilines is 2. The molecule has 1 amide bonds. The molecule has 6 rings (SSSR count). The number of aromatic nitrogens is 5. The van der Waals surface area contributed by atoms with Gasteiger partial charge in [-0.15, -0.1) is 0 Å². The van der Waals surface area contributed by atoms with Crippen molar-refractivity contribution in [1.82, 2.24) is 34.7 Å². The number of rotatable bonds is 8. The zero-order valence-electron chi connectivity index (χ0n) is 22.4. The molecule has 2 aromatic heterocycles. The molecule has 3 aliphatic rings. The topological polar surface area (TPSA) is 113 Å². The molecule has 0 atom stereocenters. The maximum absolute atomic E-state index is 14.1. The average molecular weight is 556 g/mol. The zero-order chi connectivity index (χ0) is 27.5. The summed E-state index contributed by atoms with van der Waals surface area (Å²) in [6, 6.07) is 7.22. The van der Waals surface area contributed by atoms with Crippen molar-refractivity contribution in [1.29, 1.82) is 0 Å². The molecular formula is C27H35F2N9O2. The van der Waals surface area contributed by atoms with Crippen LogP contribution in [0, 0.1) is 0 Å². The second-order valence-corrected chi connectivity index (χ2v) is 10.7. The van der Waals surface area contributed by atoms with Crippen LogP contribution in [0.3, 0.4) is 0 Å². The third-order valence-corrected chi connectivity index (χ3v) is 7.88. The molecule has 0 unspecified atom stereocenters. The summed E-state index contributed by atoms with van der Waals surface area (Å²) >= 11 is 0. The van der Waals surface area contributed by atoms with Crippen LogP contribution in [-0.2, 0) is 9.53 Å². The first-order valence-corrected chi connectivity index (χ1v) is 14.2. The minimum atomic E-state index is -2.80. The Morgan fingerprint density at radius 1 is 0.925 bits per heavy atom. The maximum Gasteiger partial charge on any atom is 0.296 e. The van der Waals surface area contributed by atoms with Crippen molar-refractivity contribution in [2.45, 2.75) is 57.0 Å². The fourth-order valence-electron chi connectivity index (χ4n) is 5.81. The Morgan fingerprint density at radius 3 is 2.38 bits per heavy atom. The number of amides is 1. The summed E-state index contributed by atoms with van der Waals surface area (Å²) in [7, 11) is 0. The van der Waals surface area contributed by atoms with Crippen LogP contribution >= 0.6 is 0 Å². The number of carbonyl (C=O) groups excluding carboxylic acids is 1. The van der Waals surface area contributed by atoms with Crippen molar-refractivity contribution in [2.24, 2.45) is 0 Å². The monoisotopic (exact) mass is 555 g/mol. The highest BCUT2D eigenvalue weighted by molar-refractivity contribution is 5.78. The summed E-state index contributed by atoms with van der Waals surface area (Å²) < 4.78 is 35.0. The van der Waals surface area contributed by atoms with Gasteiger partial charge in [-0.2, -0.15) is 15.0 Å². The Labute approximate surface area is 231 Å². The van der Waals surface area contributed by atoms with Gasteiger partial charge in [-0.1, -0.05) is 12.1 Å². The third kappa shape index (κ3) is 5.99. The second-order valence-electron chi connectivity index (χ2n) is 10.7. The fraction of sp³-hybridized carbons (Fsp3) is 0.593. The lowest BCUT2D eigenvalue weighted by Gasteiger charge is -2.31. The van der Waals surface area contributed by atoms with E-state index in [2.05, 4.69) is 35.5 Å². The number of ether oxygens (including phenoxy) is 1. The number of nitrogens with one attached hydrogen (secondary N) is 2. The van der Waals surface area contributed by atoms with Gasteiger partial charge in [0.2, 0.25) is 23.8 Å². The average Bonchev–Trinajstić information content (AvgIpc) is 3.62. The van der Waals surface area contributed by atoms with Crippen LogP contribution in [0.1, 0.15) is 50.8 Å². The van der Waals surface area contributed by atoms with Gasteiger partial charge < -0.3 is 20.3 Å². The number of halogens is 2. The lowest BCUT2D eigenvalue weighted by Crippen LogP contribution is -2.44. The molecule has 1 aliphatic carbocycles. The van der Waals surface area contributed by atoms with Crippen molar-refractivity contribution < 1.29 is 18.3 Å². The van der Waals surface area contributed by atoms with E-state index in [1.807, 2.05) is 4.90 Å². The highest BCUT2D eigenvalue weighted by Crippen LogP contribution is 2.28. The number of hydrogen-bond donors (Lipinski definition) is 2. The molecule has 0 radical (unpaired) electrons. The van der Waals surface area contributed by atoms with Crippen molar-refractivity contribution in [3.8, 4) is 5.95 Å². The van der Waals surface area contributed by atoms with Gasteiger partial charge in [0.15, 0.2) is 5.82 Å². The molecule has 11 nitrogen and oxygen atoms in total. The summed E-state index contributed by atoms with van der Waals surface area (Å²) in [6.45, 7) is 4.73. The summed E-state index contributed by atoms with van der Waals surface area (Å²) in [5, 5.41) is 6.62. The van der Waals surface area contributed by atoms with Gasteiger partial charge in [0.05, 0.1) is 30.8 Å². The number of para-hydroxylation sites is 2. The molecule has 3 aromatic rings. The number of nitrogens with zero attached hydrogens (tertiary/aromatic N) is 7. The highest BCUT2D eigenvalue weighted by atomic mass is 19.3. The summed E-state index contributed by atoms with van der Waals surface area (Å²) in [4.78, 5) is 34.7. The Bertz CT molecular complexity index is 1320. The smallest absolute Gasteiger partial charge is 0.296 e. The molecule has 2 N–H and O–H groups in total. The van der Waals surface area contributed by atoms with Crippen molar-refractivity contribution >= 4 is 28.8 Å². The fourth-order valence-corrected chi connectivity index (χ4v) is 5.81. The largest absolute Gasteiger partial charge is 0.378 e. The van der Waals surface area contributed by atoms with Gasteiger partial charge in [-0.05, 0) is 63.7 Å². The van der Waals surface area contributed by atoms with Crippen LogP contribution < -0.4 is 15.5 Å². The molecule has 40 heavy (non-hydrogen) atoms. The Kier molecular flexibility index (Phi) is 8.00. The molecule has 13 heteroatoms. The van der Waals surface area contributed by atoms with E-state index < -0.39 is 12.2 Å². The van der Waals surface area contributed by atoms with Crippen LogP contribution in [-0.4, -0.2) is 93.3 Å². The zero-order valence-corrected chi connectivity index (χ0v) is 22.4. The predicted octanol–water partition coefficient (Wildman–Crippen LogP) is 2.92. The van der Waals surface area contributed by atoms with Gasteiger partial charge >= 0.3 is 0 Å². The van der Waals surface area contributed by atoms with E-state index in [9.17, 15) is 13.6 Å². The first-order chi connectivity index (χ1) is 19.5. The van der Waals surface area contributed by atoms with Gasteiger partial charge in [0.1, 0.15) is 0 Å². The molecule has 4 heterocycles. The first kappa shape index (κ1) is 26.8. The lowest BCUT2D eigenvalue weighted by atomic mass is 9.91. The van der Waals surface area contributed by atoms with E-state index >= 15 is 0 Å². The SMILES string of the molecule is O=C(CN1CCCC1)NC1CCC(Nc2nc(N3CCOCC3)nc(-n3c(C(F)F)nc4ccccc43)n2)CC1. The quantitative estimate of drug-likeness (QED) is 0.433. The molecule has 1 saturated carbocycles. The summed E-state index contributed by atoms with van der Waals surface area (Å²) in [5.41, 5.74) is 0.957. The lowest BCUT2D eigenvalue weighted by molar-refractivity contribution is -0.122. The van der Waals surface area contributed by atoms with E-state index in [0.717, 1.165) is 51.6 Å². The molecule has 3 fully saturated rings. The number of alkyl halides is 2. The van der Waals surface area contributed by atoms with Crippen LogP contribution in [0.25, 0.3) is 17.0 Å². The molecule has 2 aliphatic heterocycles. The van der Waals surface area contributed by atoms with Crippen LogP contribution in [0.4, 0.5) is 20.7 Å². The van der Waals surface area contributed by atoms with E-state index in [-0.39, 0.29) is 23.9 Å². The highest BCUT2D eigenvalue weighted by Gasteiger charge is 2.27. The number of imidazole rings is 1. The van der Waals surface area contributed by atoms with Crippen LogP contribution in [0.15, 0.2) is 24.3 Å². The predicted molar refractivity (Wildman–Crippen MR) is 146 cm³/mol. The Balaban J connectivity index is 1.20. The number of carbonyl (C=O) groups is 1. The normalized spacial score (nSPS) is 22.2. The molecule has 214 valence electrons. The van der Waals surface area contributed by atoms with Gasteiger partial charge in [0.25, 0.3) is 6.43 Å². The van der Waals surface area contributed by atoms with Crippen molar-refractivity contribution in [2.75, 3.05) is 56.2 Å². The molecule has 1 aromatic carbocycles. The van der Waals surface area contributed by atoms with Gasteiger partial charge in [0, 0.05) is 25.2 Å². The number of benzene rings is 1. The molecule has 2 saturated heterocycles.